The van der Waals surface area contributed by atoms with Crippen molar-refractivity contribution in [1.29, 1.82) is 0 Å². The fourth-order valence-corrected chi connectivity index (χ4v) is 3.19. The zero-order chi connectivity index (χ0) is 16.3. The minimum Gasteiger partial charge on any atom is -0.481 e. The lowest BCUT2D eigenvalue weighted by Crippen LogP contribution is -2.34. The van der Waals surface area contributed by atoms with Gasteiger partial charge >= 0.3 is 5.97 Å². The van der Waals surface area contributed by atoms with Gasteiger partial charge in [-0.25, -0.2) is 0 Å². The monoisotopic (exact) mass is 301 g/mol. The summed E-state index contributed by atoms with van der Waals surface area (Å²) in [5, 5.41) is 9.48. The van der Waals surface area contributed by atoms with Crippen molar-refractivity contribution in [2.24, 2.45) is 11.8 Å². The molecule has 1 aromatic carbocycles. The van der Waals surface area contributed by atoms with Crippen LogP contribution in [0.5, 0.6) is 0 Å². The molecule has 0 radical (unpaired) electrons. The van der Waals surface area contributed by atoms with Crippen LogP contribution in [0.15, 0.2) is 42.5 Å². The smallest absolute Gasteiger partial charge is 0.308 e. The molecule has 1 unspecified atom stereocenters. The minimum atomic E-state index is -0.836. The van der Waals surface area contributed by atoms with Gasteiger partial charge < -0.3 is 10.0 Å². The summed E-state index contributed by atoms with van der Waals surface area (Å²) in [6, 6.07) is 9.59. The highest BCUT2D eigenvalue weighted by molar-refractivity contribution is 5.81. The molecule has 4 heteroatoms. The SMILES string of the molecule is C=C(C)CC(C)C(=O)N1C[C@H](C(=O)O)[C@H](c2ccccc2)C1. The zero-order valence-electron chi connectivity index (χ0n) is 13.2. The number of benzene rings is 1. The number of amides is 1. The molecule has 1 N–H and O–H groups in total. The van der Waals surface area contributed by atoms with E-state index in [2.05, 4.69) is 6.58 Å². The van der Waals surface area contributed by atoms with Gasteiger partial charge in [0.05, 0.1) is 5.92 Å². The predicted octanol–water partition coefficient (Wildman–Crippen LogP) is 2.92. The van der Waals surface area contributed by atoms with Crippen LogP contribution in [-0.2, 0) is 9.59 Å². The normalized spacial score (nSPS) is 22.4. The number of rotatable bonds is 5. The fourth-order valence-electron chi connectivity index (χ4n) is 3.19. The van der Waals surface area contributed by atoms with E-state index in [-0.39, 0.29) is 24.3 Å². The average Bonchev–Trinajstić information content (AvgIpc) is 2.92. The van der Waals surface area contributed by atoms with E-state index < -0.39 is 11.9 Å². The van der Waals surface area contributed by atoms with Crippen LogP contribution >= 0.6 is 0 Å². The van der Waals surface area contributed by atoms with Crippen molar-refractivity contribution >= 4 is 11.9 Å². The third-order valence-electron chi connectivity index (χ3n) is 4.25. The molecule has 1 saturated heterocycles. The molecule has 0 saturated carbocycles. The van der Waals surface area contributed by atoms with Crippen LogP contribution in [-0.4, -0.2) is 35.0 Å². The van der Waals surface area contributed by atoms with Crippen LogP contribution in [0.25, 0.3) is 0 Å². The highest BCUT2D eigenvalue weighted by Gasteiger charge is 2.41. The number of carbonyl (C=O) groups is 2. The van der Waals surface area contributed by atoms with E-state index in [0.29, 0.717) is 13.0 Å². The molecule has 1 aliphatic rings. The maximum atomic E-state index is 12.5. The van der Waals surface area contributed by atoms with Gasteiger partial charge in [-0.05, 0) is 18.9 Å². The molecule has 4 nitrogen and oxygen atoms in total. The number of carbonyl (C=O) groups excluding carboxylic acids is 1. The summed E-state index contributed by atoms with van der Waals surface area (Å²) in [5.41, 5.74) is 1.95. The van der Waals surface area contributed by atoms with Gasteiger partial charge in [0.2, 0.25) is 5.91 Å². The van der Waals surface area contributed by atoms with Crippen molar-refractivity contribution in [3.63, 3.8) is 0 Å². The van der Waals surface area contributed by atoms with E-state index >= 15 is 0 Å². The van der Waals surface area contributed by atoms with E-state index in [9.17, 15) is 14.7 Å². The molecular weight excluding hydrogens is 278 g/mol. The Morgan fingerprint density at radius 1 is 1.32 bits per heavy atom. The summed E-state index contributed by atoms with van der Waals surface area (Å²) < 4.78 is 0. The van der Waals surface area contributed by atoms with E-state index in [4.69, 9.17) is 0 Å². The Morgan fingerprint density at radius 2 is 1.95 bits per heavy atom. The molecule has 1 aliphatic heterocycles. The van der Waals surface area contributed by atoms with Gasteiger partial charge in [-0.15, -0.1) is 6.58 Å². The van der Waals surface area contributed by atoms with Crippen molar-refractivity contribution in [3.8, 4) is 0 Å². The third-order valence-corrected chi connectivity index (χ3v) is 4.25. The molecule has 1 fully saturated rings. The third kappa shape index (κ3) is 3.56. The molecule has 0 spiro atoms. The van der Waals surface area contributed by atoms with Crippen LogP contribution in [0.1, 0.15) is 31.7 Å². The standard InChI is InChI=1S/C18H23NO3/c1-12(2)9-13(3)17(20)19-10-15(16(11-19)18(21)22)14-7-5-4-6-8-14/h4-8,13,15-16H,1,9-11H2,2-3H3,(H,21,22)/t13?,15-,16-/m0/s1. The van der Waals surface area contributed by atoms with Gasteiger partial charge in [0, 0.05) is 24.9 Å². The Bertz CT molecular complexity index is 567. The van der Waals surface area contributed by atoms with Gasteiger partial charge in [-0.3, -0.25) is 9.59 Å². The Hall–Kier alpha value is -2.10. The Labute approximate surface area is 131 Å². The first-order chi connectivity index (χ1) is 10.4. The molecular formula is C18H23NO3. The molecule has 2 rings (SSSR count). The zero-order valence-corrected chi connectivity index (χ0v) is 13.2. The molecule has 118 valence electrons. The number of aliphatic carboxylic acids is 1. The lowest BCUT2D eigenvalue weighted by Gasteiger charge is -2.21. The summed E-state index contributed by atoms with van der Waals surface area (Å²) in [7, 11) is 0. The topological polar surface area (TPSA) is 57.6 Å². The largest absolute Gasteiger partial charge is 0.481 e. The maximum absolute atomic E-state index is 12.5. The van der Waals surface area contributed by atoms with Gasteiger partial charge in [-0.2, -0.15) is 0 Å². The van der Waals surface area contributed by atoms with Crippen molar-refractivity contribution in [2.45, 2.75) is 26.2 Å². The van der Waals surface area contributed by atoms with Gasteiger partial charge in [0.25, 0.3) is 0 Å². The molecule has 0 bridgehead atoms. The molecule has 1 aromatic rings. The fraction of sp³-hybridized carbons (Fsp3) is 0.444. The first kappa shape index (κ1) is 16.3. The number of carboxylic acid groups (broad SMARTS) is 1. The van der Waals surface area contributed by atoms with Crippen LogP contribution < -0.4 is 0 Å². The summed E-state index contributed by atoms with van der Waals surface area (Å²) >= 11 is 0. The lowest BCUT2D eigenvalue weighted by atomic mass is 9.89. The van der Waals surface area contributed by atoms with Crippen molar-refractivity contribution in [2.75, 3.05) is 13.1 Å². The lowest BCUT2D eigenvalue weighted by molar-refractivity contribution is -0.142. The van der Waals surface area contributed by atoms with E-state index in [1.54, 1.807) is 4.90 Å². The van der Waals surface area contributed by atoms with E-state index in [0.717, 1.165) is 11.1 Å². The summed E-state index contributed by atoms with van der Waals surface area (Å²) in [5.74, 6) is -1.64. The molecule has 22 heavy (non-hydrogen) atoms. The second-order valence-electron chi connectivity index (χ2n) is 6.27. The number of hydrogen-bond acceptors (Lipinski definition) is 2. The number of allylic oxidation sites excluding steroid dienone is 1. The Morgan fingerprint density at radius 3 is 2.50 bits per heavy atom. The van der Waals surface area contributed by atoms with Crippen LogP contribution in [0, 0.1) is 11.8 Å². The van der Waals surface area contributed by atoms with E-state index in [1.165, 1.54) is 0 Å². The Balaban J connectivity index is 2.15. The summed E-state index contributed by atoms with van der Waals surface area (Å²) in [6.07, 6.45) is 0.642. The average molecular weight is 301 g/mol. The number of likely N-dealkylation sites (tertiary alicyclic amines) is 1. The van der Waals surface area contributed by atoms with Gasteiger partial charge in [0.1, 0.15) is 0 Å². The van der Waals surface area contributed by atoms with Crippen LogP contribution in [0.2, 0.25) is 0 Å². The van der Waals surface area contributed by atoms with Crippen LogP contribution in [0.3, 0.4) is 0 Å². The number of nitrogens with zero attached hydrogens (tertiary/aromatic N) is 1. The first-order valence-electron chi connectivity index (χ1n) is 7.61. The molecule has 3 atom stereocenters. The van der Waals surface area contributed by atoms with Crippen LogP contribution in [0.4, 0.5) is 0 Å². The number of carboxylic acids is 1. The van der Waals surface area contributed by atoms with Crippen molar-refractivity contribution < 1.29 is 14.7 Å². The summed E-state index contributed by atoms with van der Waals surface area (Å²) in [4.78, 5) is 25.8. The predicted molar refractivity (Wildman–Crippen MR) is 85.5 cm³/mol. The number of hydrogen-bond donors (Lipinski definition) is 1. The second-order valence-corrected chi connectivity index (χ2v) is 6.27. The van der Waals surface area contributed by atoms with Crippen molar-refractivity contribution in [1.82, 2.24) is 4.90 Å². The summed E-state index contributed by atoms with van der Waals surface area (Å²) in [6.45, 7) is 8.38. The Kier molecular flexibility index (Phi) is 5.01. The molecule has 0 aliphatic carbocycles. The molecule has 1 amide bonds. The highest BCUT2D eigenvalue weighted by atomic mass is 16.4. The molecule has 0 aromatic heterocycles. The minimum absolute atomic E-state index is 0.0210. The highest BCUT2D eigenvalue weighted by Crippen LogP contribution is 2.34. The van der Waals surface area contributed by atoms with Crippen molar-refractivity contribution in [3.05, 3.63) is 48.0 Å². The van der Waals surface area contributed by atoms with Gasteiger partial charge in [0.15, 0.2) is 0 Å². The van der Waals surface area contributed by atoms with E-state index in [1.807, 2.05) is 44.2 Å². The second kappa shape index (κ2) is 6.77. The van der Waals surface area contributed by atoms with Gasteiger partial charge in [-0.1, -0.05) is 42.8 Å². The molecule has 1 heterocycles. The quantitative estimate of drug-likeness (QED) is 0.851. The maximum Gasteiger partial charge on any atom is 0.308 e. The first-order valence-corrected chi connectivity index (χ1v) is 7.61.